The van der Waals surface area contributed by atoms with Crippen LogP contribution in [-0.4, -0.2) is 43.2 Å². The van der Waals surface area contributed by atoms with Gasteiger partial charge in [0.1, 0.15) is 0 Å². The molecule has 0 spiro atoms. The second-order valence-corrected chi connectivity index (χ2v) is 7.12. The monoisotopic (exact) mass is 361 g/mol. The van der Waals surface area contributed by atoms with Crippen molar-refractivity contribution in [2.24, 2.45) is 0 Å². The van der Waals surface area contributed by atoms with E-state index in [0.717, 1.165) is 31.6 Å². The van der Waals surface area contributed by atoms with Crippen LogP contribution in [0.5, 0.6) is 0 Å². The topological polar surface area (TPSA) is 84.7 Å². The van der Waals surface area contributed by atoms with Crippen LogP contribution in [0.2, 0.25) is 0 Å². The van der Waals surface area contributed by atoms with Crippen molar-refractivity contribution in [1.29, 1.82) is 0 Å². The Morgan fingerprint density at radius 1 is 1.15 bits per heavy atom. The first kappa shape index (κ1) is 18.6. The third-order valence-electron chi connectivity index (χ3n) is 5.38. The summed E-state index contributed by atoms with van der Waals surface area (Å²) in [5.74, 6) is -0.302. The minimum absolute atomic E-state index is 0.0668. The van der Waals surface area contributed by atoms with Crippen molar-refractivity contribution in [3.8, 4) is 0 Å². The number of ether oxygens (including phenoxy) is 1. The molecule has 2 fully saturated rings. The van der Waals surface area contributed by atoms with Gasteiger partial charge in [-0.25, -0.2) is 0 Å². The number of piperidine rings is 1. The number of rotatable bonds is 5. The molecule has 1 aromatic carbocycles. The SMILES string of the molecule is CNC(=O)c1cc([N+](=O)[O-])ccc1N1CCC(OC2CCCCC2)CC1. The molecule has 1 amide bonds. The molecule has 2 aliphatic rings. The van der Waals surface area contributed by atoms with Crippen molar-refractivity contribution in [3.63, 3.8) is 0 Å². The number of hydrogen-bond donors (Lipinski definition) is 1. The quantitative estimate of drug-likeness (QED) is 0.643. The maximum atomic E-state index is 12.2. The minimum atomic E-state index is -0.472. The van der Waals surface area contributed by atoms with Gasteiger partial charge in [-0.3, -0.25) is 14.9 Å². The number of nitrogens with one attached hydrogen (secondary N) is 1. The molecule has 3 rings (SSSR count). The Kier molecular flexibility index (Phi) is 6.08. The van der Waals surface area contributed by atoms with E-state index < -0.39 is 4.92 Å². The average Bonchev–Trinajstić information content (AvgIpc) is 2.68. The number of non-ortho nitro benzene ring substituents is 1. The number of carbonyl (C=O) groups excluding carboxylic acids is 1. The van der Waals surface area contributed by atoms with E-state index in [2.05, 4.69) is 10.2 Å². The van der Waals surface area contributed by atoms with Gasteiger partial charge in [-0.15, -0.1) is 0 Å². The molecule has 1 aliphatic heterocycles. The molecule has 7 heteroatoms. The van der Waals surface area contributed by atoms with Gasteiger partial charge in [-0.05, 0) is 31.7 Å². The first-order chi connectivity index (χ1) is 12.6. The zero-order valence-corrected chi connectivity index (χ0v) is 15.3. The smallest absolute Gasteiger partial charge is 0.270 e. The molecule has 0 bridgehead atoms. The fourth-order valence-electron chi connectivity index (χ4n) is 3.94. The van der Waals surface area contributed by atoms with Crippen LogP contribution in [0.3, 0.4) is 0 Å². The van der Waals surface area contributed by atoms with Crippen LogP contribution >= 0.6 is 0 Å². The molecule has 0 atom stereocenters. The van der Waals surface area contributed by atoms with E-state index in [1.807, 2.05) is 0 Å². The zero-order chi connectivity index (χ0) is 18.5. The summed E-state index contributed by atoms with van der Waals surface area (Å²) in [6, 6.07) is 4.51. The number of anilines is 1. The Morgan fingerprint density at radius 2 is 1.81 bits per heavy atom. The van der Waals surface area contributed by atoms with Crippen molar-refractivity contribution in [3.05, 3.63) is 33.9 Å². The van der Waals surface area contributed by atoms with Gasteiger partial charge in [0.15, 0.2) is 0 Å². The molecule has 0 unspecified atom stereocenters. The lowest BCUT2D eigenvalue weighted by atomic mass is 9.97. The van der Waals surface area contributed by atoms with Crippen molar-refractivity contribution >= 4 is 17.3 Å². The Morgan fingerprint density at radius 3 is 2.42 bits per heavy atom. The molecular weight excluding hydrogens is 334 g/mol. The summed E-state index contributed by atoms with van der Waals surface area (Å²) in [5, 5.41) is 13.6. The van der Waals surface area contributed by atoms with Gasteiger partial charge in [0.05, 0.1) is 28.4 Å². The van der Waals surface area contributed by atoms with Crippen LogP contribution in [-0.2, 0) is 4.74 Å². The van der Waals surface area contributed by atoms with Gasteiger partial charge in [-0.2, -0.15) is 0 Å². The highest BCUT2D eigenvalue weighted by Gasteiger charge is 2.26. The summed E-state index contributed by atoms with van der Waals surface area (Å²) < 4.78 is 6.27. The largest absolute Gasteiger partial charge is 0.375 e. The predicted molar refractivity (Wildman–Crippen MR) is 99.7 cm³/mol. The van der Waals surface area contributed by atoms with E-state index in [9.17, 15) is 14.9 Å². The Hall–Kier alpha value is -2.15. The highest BCUT2D eigenvalue weighted by atomic mass is 16.6. The van der Waals surface area contributed by atoms with Gasteiger partial charge in [0.25, 0.3) is 11.6 Å². The molecule has 0 aromatic heterocycles. The second-order valence-electron chi connectivity index (χ2n) is 7.12. The number of nitrogens with zero attached hydrogens (tertiary/aromatic N) is 2. The van der Waals surface area contributed by atoms with Gasteiger partial charge in [0, 0.05) is 32.3 Å². The van der Waals surface area contributed by atoms with Gasteiger partial charge < -0.3 is 15.0 Å². The highest BCUT2D eigenvalue weighted by Crippen LogP contribution is 2.30. The van der Waals surface area contributed by atoms with Crippen molar-refractivity contribution in [1.82, 2.24) is 5.32 Å². The lowest BCUT2D eigenvalue weighted by Crippen LogP contribution is -2.39. The van der Waals surface area contributed by atoms with E-state index in [1.54, 1.807) is 6.07 Å². The molecule has 1 N–H and O–H groups in total. The van der Waals surface area contributed by atoms with Crippen LogP contribution in [0.1, 0.15) is 55.3 Å². The van der Waals surface area contributed by atoms with E-state index in [-0.39, 0.29) is 17.7 Å². The fraction of sp³-hybridized carbons (Fsp3) is 0.632. The third-order valence-corrected chi connectivity index (χ3v) is 5.38. The highest BCUT2D eigenvalue weighted by molar-refractivity contribution is 6.00. The maximum Gasteiger partial charge on any atom is 0.270 e. The van der Waals surface area contributed by atoms with Crippen molar-refractivity contribution < 1.29 is 14.5 Å². The maximum absolute atomic E-state index is 12.2. The van der Waals surface area contributed by atoms with Crippen LogP contribution in [0.25, 0.3) is 0 Å². The molecular formula is C19H27N3O4. The predicted octanol–water partition coefficient (Wildman–Crippen LogP) is 3.27. The van der Waals surface area contributed by atoms with E-state index >= 15 is 0 Å². The second kappa shape index (κ2) is 8.49. The Balaban J connectivity index is 1.66. The summed E-state index contributed by atoms with van der Waals surface area (Å²) in [4.78, 5) is 24.9. The van der Waals surface area contributed by atoms with Crippen LogP contribution in [0.4, 0.5) is 11.4 Å². The van der Waals surface area contributed by atoms with Gasteiger partial charge >= 0.3 is 0 Å². The number of amides is 1. The molecule has 1 saturated carbocycles. The molecule has 26 heavy (non-hydrogen) atoms. The fourth-order valence-corrected chi connectivity index (χ4v) is 3.94. The molecule has 1 aromatic rings. The lowest BCUT2D eigenvalue weighted by Gasteiger charge is -2.36. The van der Waals surface area contributed by atoms with Crippen LogP contribution in [0, 0.1) is 10.1 Å². The lowest BCUT2D eigenvalue weighted by molar-refractivity contribution is -0.384. The molecule has 142 valence electrons. The summed E-state index contributed by atoms with van der Waals surface area (Å²) in [6.45, 7) is 1.58. The van der Waals surface area contributed by atoms with Crippen LogP contribution in [0.15, 0.2) is 18.2 Å². The van der Waals surface area contributed by atoms with Crippen molar-refractivity contribution in [2.45, 2.75) is 57.2 Å². The van der Waals surface area contributed by atoms with Gasteiger partial charge in [-0.1, -0.05) is 19.3 Å². The summed E-state index contributed by atoms with van der Waals surface area (Å²) >= 11 is 0. The number of nitro benzene ring substituents is 1. The Labute approximate surface area is 153 Å². The average molecular weight is 361 g/mol. The summed E-state index contributed by atoms with van der Waals surface area (Å²) in [5.41, 5.74) is 1.04. The standard InChI is InChI=1S/C19H27N3O4/c1-20-19(23)17-13-14(22(24)25)7-8-18(17)21-11-9-16(10-12-21)26-15-5-3-2-4-6-15/h7-8,13,15-16H,2-6,9-12H2,1H3,(H,20,23). The van der Waals surface area contributed by atoms with E-state index in [0.29, 0.717) is 11.7 Å². The molecule has 0 radical (unpaired) electrons. The number of benzene rings is 1. The summed E-state index contributed by atoms with van der Waals surface area (Å²) in [6.07, 6.45) is 8.70. The molecule has 1 heterocycles. The molecule has 1 saturated heterocycles. The zero-order valence-electron chi connectivity index (χ0n) is 15.3. The van der Waals surface area contributed by atoms with E-state index in [4.69, 9.17) is 4.74 Å². The number of nitro groups is 1. The van der Waals surface area contributed by atoms with Crippen molar-refractivity contribution in [2.75, 3.05) is 25.0 Å². The number of hydrogen-bond acceptors (Lipinski definition) is 5. The molecule has 1 aliphatic carbocycles. The van der Waals surface area contributed by atoms with Crippen LogP contribution < -0.4 is 10.2 Å². The minimum Gasteiger partial charge on any atom is -0.375 e. The third kappa shape index (κ3) is 4.33. The Bertz CT molecular complexity index is 650. The van der Waals surface area contributed by atoms with E-state index in [1.165, 1.54) is 51.3 Å². The first-order valence-electron chi connectivity index (χ1n) is 9.49. The normalized spacial score (nSPS) is 19.3. The number of carbonyl (C=O) groups is 1. The molecule has 7 nitrogen and oxygen atoms in total. The van der Waals surface area contributed by atoms with Gasteiger partial charge in [0.2, 0.25) is 0 Å². The summed E-state index contributed by atoms with van der Waals surface area (Å²) in [7, 11) is 1.54. The first-order valence-corrected chi connectivity index (χ1v) is 9.49.